The number of benzene rings is 2. The molecule has 1 unspecified atom stereocenters. The van der Waals surface area contributed by atoms with Crippen LogP contribution in [0.15, 0.2) is 60.7 Å². The smallest absolute Gasteiger partial charge is 0.216 e. The van der Waals surface area contributed by atoms with Gasteiger partial charge in [0.05, 0.1) is 12.4 Å². The Morgan fingerprint density at radius 1 is 0.905 bits per heavy atom. The van der Waals surface area contributed by atoms with Gasteiger partial charge < -0.3 is 5.11 Å². The van der Waals surface area contributed by atoms with Crippen LogP contribution in [0, 0.1) is 0 Å². The third-order valence-corrected chi connectivity index (χ3v) is 4.50. The lowest BCUT2D eigenvalue weighted by atomic mass is 10.1. The molecule has 112 valence electrons. The molecule has 0 aliphatic heterocycles. The van der Waals surface area contributed by atoms with E-state index in [1.54, 1.807) is 24.3 Å². The zero-order valence-corrected chi connectivity index (χ0v) is 12.5. The molecule has 2 N–H and O–H groups in total. The molecule has 2 aromatic rings. The summed E-state index contributed by atoms with van der Waals surface area (Å²) in [5.41, 5.74) is 1.71. The predicted molar refractivity (Wildman–Crippen MR) is 83.2 cm³/mol. The molecule has 0 aliphatic carbocycles. The molecule has 0 saturated heterocycles. The van der Waals surface area contributed by atoms with Gasteiger partial charge in [0, 0.05) is 6.04 Å². The summed E-state index contributed by atoms with van der Waals surface area (Å²) in [5, 5.41) is 9.39. The number of rotatable bonds is 7. The van der Waals surface area contributed by atoms with Crippen molar-refractivity contribution >= 4 is 10.0 Å². The van der Waals surface area contributed by atoms with Gasteiger partial charge in [-0.1, -0.05) is 60.7 Å². The first kappa shape index (κ1) is 15.7. The fourth-order valence-electron chi connectivity index (χ4n) is 2.13. The van der Waals surface area contributed by atoms with Gasteiger partial charge >= 0.3 is 0 Å². The van der Waals surface area contributed by atoms with Crippen molar-refractivity contribution in [1.82, 2.24) is 4.72 Å². The van der Waals surface area contributed by atoms with Crippen molar-refractivity contribution in [3.63, 3.8) is 0 Å². The van der Waals surface area contributed by atoms with Crippen LogP contribution in [-0.4, -0.2) is 26.2 Å². The summed E-state index contributed by atoms with van der Waals surface area (Å²) in [6.45, 7) is -0.233. The van der Waals surface area contributed by atoms with Gasteiger partial charge in [-0.2, -0.15) is 0 Å². The second-order valence-electron chi connectivity index (χ2n) is 4.93. The van der Waals surface area contributed by atoms with E-state index in [1.807, 2.05) is 36.4 Å². The number of sulfonamides is 1. The Kier molecular flexibility index (Phi) is 5.50. The van der Waals surface area contributed by atoms with E-state index in [4.69, 9.17) is 0 Å². The average molecular weight is 305 g/mol. The molecular weight excluding hydrogens is 286 g/mol. The van der Waals surface area contributed by atoms with Crippen molar-refractivity contribution in [3.8, 4) is 0 Å². The number of hydrogen-bond donors (Lipinski definition) is 2. The molecule has 0 saturated carbocycles. The molecule has 4 nitrogen and oxygen atoms in total. The summed E-state index contributed by atoms with van der Waals surface area (Å²) >= 11 is 0. The van der Waals surface area contributed by atoms with E-state index < -0.39 is 16.1 Å². The van der Waals surface area contributed by atoms with Crippen molar-refractivity contribution in [2.24, 2.45) is 0 Å². The fourth-order valence-corrected chi connectivity index (χ4v) is 3.51. The van der Waals surface area contributed by atoms with E-state index in [9.17, 15) is 13.5 Å². The quantitative estimate of drug-likeness (QED) is 0.818. The fraction of sp³-hybridized carbons (Fsp3) is 0.250. The average Bonchev–Trinajstić information content (AvgIpc) is 2.48. The van der Waals surface area contributed by atoms with Gasteiger partial charge in [-0.15, -0.1) is 0 Å². The molecule has 0 bridgehead atoms. The third kappa shape index (κ3) is 5.30. The van der Waals surface area contributed by atoms with E-state index in [0.29, 0.717) is 6.42 Å². The largest absolute Gasteiger partial charge is 0.395 e. The molecule has 0 spiro atoms. The van der Waals surface area contributed by atoms with Crippen molar-refractivity contribution in [2.75, 3.05) is 6.61 Å². The van der Waals surface area contributed by atoms with Crippen molar-refractivity contribution in [3.05, 3.63) is 71.8 Å². The maximum atomic E-state index is 12.1. The summed E-state index contributed by atoms with van der Waals surface area (Å²) in [5.74, 6) is -0.0842. The Bertz CT molecular complexity index is 642. The molecule has 0 fully saturated rings. The van der Waals surface area contributed by atoms with Gasteiger partial charge in [0.1, 0.15) is 0 Å². The van der Waals surface area contributed by atoms with Gasteiger partial charge in [0.2, 0.25) is 10.0 Å². The van der Waals surface area contributed by atoms with Gasteiger partial charge in [-0.3, -0.25) is 0 Å². The van der Waals surface area contributed by atoms with E-state index in [2.05, 4.69) is 4.72 Å². The second-order valence-corrected chi connectivity index (χ2v) is 6.69. The van der Waals surface area contributed by atoms with Crippen LogP contribution in [0.25, 0.3) is 0 Å². The first-order valence-electron chi connectivity index (χ1n) is 6.78. The highest BCUT2D eigenvalue weighted by Crippen LogP contribution is 2.07. The Morgan fingerprint density at radius 3 is 1.95 bits per heavy atom. The number of nitrogens with one attached hydrogen (secondary N) is 1. The molecule has 2 rings (SSSR count). The van der Waals surface area contributed by atoms with Crippen LogP contribution in [0.2, 0.25) is 0 Å². The summed E-state index contributed by atoms with van der Waals surface area (Å²) < 4.78 is 26.8. The predicted octanol–water partition coefficient (Wildman–Crippen LogP) is 1.71. The Labute approximate surface area is 125 Å². The van der Waals surface area contributed by atoms with Gasteiger partial charge in [0.25, 0.3) is 0 Å². The van der Waals surface area contributed by atoms with Crippen molar-refractivity contribution < 1.29 is 13.5 Å². The molecule has 0 aliphatic rings. The molecule has 0 radical (unpaired) electrons. The first-order valence-corrected chi connectivity index (χ1v) is 8.43. The normalized spacial score (nSPS) is 13.0. The van der Waals surface area contributed by atoms with E-state index in [1.165, 1.54) is 0 Å². The molecule has 21 heavy (non-hydrogen) atoms. The van der Waals surface area contributed by atoms with Crippen LogP contribution < -0.4 is 4.72 Å². The topological polar surface area (TPSA) is 66.4 Å². The van der Waals surface area contributed by atoms with E-state index in [0.717, 1.165) is 11.1 Å². The Morgan fingerprint density at radius 2 is 1.43 bits per heavy atom. The zero-order valence-electron chi connectivity index (χ0n) is 11.6. The van der Waals surface area contributed by atoms with Crippen LogP contribution in [0.4, 0.5) is 0 Å². The van der Waals surface area contributed by atoms with Gasteiger partial charge in [0.15, 0.2) is 0 Å². The highest BCUT2D eigenvalue weighted by Gasteiger charge is 2.18. The van der Waals surface area contributed by atoms with Gasteiger partial charge in [-0.05, 0) is 17.5 Å². The molecule has 5 heteroatoms. The summed E-state index contributed by atoms with van der Waals surface area (Å²) in [6, 6.07) is 18.0. The monoisotopic (exact) mass is 305 g/mol. The maximum Gasteiger partial charge on any atom is 0.216 e. The van der Waals surface area contributed by atoms with Crippen LogP contribution in [0.3, 0.4) is 0 Å². The van der Waals surface area contributed by atoms with E-state index in [-0.39, 0.29) is 12.4 Å². The lowest BCUT2D eigenvalue weighted by Crippen LogP contribution is -2.39. The molecule has 0 aromatic heterocycles. The maximum absolute atomic E-state index is 12.1. The molecule has 2 aromatic carbocycles. The van der Waals surface area contributed by atoms with Crippen LogP contribution >= 0.6 is 0 Å². The van der Waals surface area contributed by atoms with Crippen LogP contribution in [-0.2, 0) is 22.2 Å². The van der Waals surface area contributed by atoms with Crippen molar-refractivity contribution in [2.45, 2.75) is 18.2 Å². The van der Waals surface area contributed by atoms with Crippen LogP contribution in [0.1, 0.15) is 11.1 Å². The molecule has 0 heterocycles. The number of aliphatic hydroxyl groups is 1. The Balaban J connectivity index is 2.00. The standard InChI is InChI=1S/C16H19NO3S/c18-12-16(11-14-7-3-1-4-8-14)17-21(19,20)13-15-9-5-2-6-10-15/h1-10,16-18H,11-13H2. The highest BCUT2D eigenvalue weighted by molar-refractivity contribution is 7.88. The minimum Gasteiger partial charge on any atom is -0.395 e. The van der Waals surface area contributed by atoms with Gasteiger partial charge in [-0.25, -0.2) is 13.1 Å². The van der Waals surface area contributed by atoms with Crippen molar-refractivity contribution in [1.29, 1.82) is 0 Å². The Hall–Kier alpha value is -1.69. The zero-order chi connectivity index (χ0) is 15.1. The first-order chi connectivity index (χ1) is 10.1. The SMILES string of the molecule is O=S(=O)(Cc1ccccc1)NC(CO)Cc1ccccc1. The lowest BCUT2D eigenvalue weighted by Gasteiger charge is -2.16. The molecule has 0 amide bonds. The minimum absolute atomic E-state index is 0.0842. The second kappa shape index (κ2) is 7.36. The number of aliphatic hydroxyl groups excluding tert-OH is 1. The van der Waals surface area contributed by atoms with Crippen LogP contribution in [0.5, 0.6) is 0 Å². The minimum atomic E-state index is -3.48. The number of hydrogen-bond acceptors (Lipinski definition) is 3. The lowest BCUT2D eigenvalue weighted by molar-refractivity contribution is 0.256. The van der Waals surface area contributed by atoms with E-state index >= 15 is 0 Å². The molecule has 1 atom stereocenters. The summed E-state index contributed by atoms with van der Waals surface area (Å²) in [7, 11) is -3.48. The summed E-state index contributed by atoms with van der Waals surface area (Å²) in [4.78, 5) is 0. The highest BCUT2D eigenvalue weighted by atomic mass is 32.2. The molecular formula is C16H19NO3S. The summed E-state index contributed by atoms with van der Waals surface area (Å²) in [6.07, 6.45) is 0.464. The third-order valence-electron chi connectivity index (χ3n) is 3.09.